The van der Waals surface area contributed by atoms with E-state index in [1.165, 1.54) is 0 Å². The van der Waals surface area contributed by atoms with E-state index in [1.807, 2.05) is 43.3 Å². The Labute approximate surface area is 111 Å². The topological polar surface area (TPSA) is 26.0 Å². The Bertz CT molecular complexity index is 550. The van der Waals surface area contributed by atoms with Crippen molar-refractivity contribution in [3.63, 3.8) is 0 Å². The van der Waals surface area contributed by atoms with Gasteiger partial charge in [-0.2, -0.15) is 0 Å². The van der Waals surface area contributed by atoms with Crippen molar-refractivity contribution in [1.82, 2.24) is 0 Å². The van der Waals surface area contributed by atoms with Gasteiger partial charge < -0.3 is 5.73 Å². The molecule has 1 nitrogen and oxygen atoms in total. The first-order valence-corrected chi connectivity index (χ1v) is 6.11. The summed E-state index contributed by atoms with van der Waals surface area (Å²) in [5.74, 6) is 0. The van der Waals surface area contributed by atoms with Crippen LogP contribution in [0.25, 0.3) is 0 Å². The standard InChI is InChI=1S/C14H13Cl2N/c1-9-6-14(17)13(16)8-11(9)7-10-4-2-3-5-12(10)15/h2-6,8H,7,17H2,1H3. The normalized spacial score (nSPS) is 10.5. The summed E-state index contributed by atoms with van der Waals surface area (Å²) in [7, 11) is 0. The third kappa shape index (κ3) is 2.74. The number of benzene rings is 2. The second-order valence-electron chi connectivity index (χ2n) is 4.07. The molecule has 0 saturated carbocycles. The molecule has 0 radical (unpaired) electrons. The van der Waals surface area contributed by atoms with E-state index in [1.54, 1.807) is 0 Å². The number of rotatable bonds is 2. The molecule has 2 aromatic rings. The van der Waals surface area contributed by atoms with Gasteiger partial charge in [0.2, 0.25) is 0 Å². The molecule has 2 rings (SSSR count). The molecule has 2 N–H and O–H groups in total. The third-order valence-corrected chi connectivity index (χ3v) is 3.49. The van der Waals surface area contributed by atoms with E-state index >= 15 is 0 Å². The molecular weight excluding hydrogens is 253 g/mol. The summed E-state index contributed by atoms with van der Waals surface area (Å²) in [5.41, 5.74) is 9.75. The summed E-state index contributed by atoms with van der Waals surface area (Å²) in [6, 6.07) is 11.6. The van der Waals surface area contributed by atoms with E-state index in [2.05, 4.69) is 0 Å². The maximum Gasteiger partial charge on any atom is 0.0638 e. The number of hydrogen-bond donors (Lipinski definition) is 1. The minimum Gasteiger partial charge on any atom is -0.398 e. The largest absolute Gasteiger partial charge is 0.398 e. The van der Waals surface area contributed by atoms with Crippen molar-refractivity contribution < 1.29 is 0 Å². The summed E-state index contributed by atoms with van der Waals surface area (Å²) in [6.07, 6.45) is 0.769. The van der Waals surface area contributed by atoms with Crippen LogP contribution in [-0.4, -0.2) is 0 Å². The van der Waals surface area contributed by atoms with Crippen LogP contribution >= 0.6 is 23.2 Å². The fourth-order valence-corrected chi connectivity index (χ4v) is 2.17. The summed E-state index contributed by atoms with van der Waals surface area (Å²) in [5, 5.41) is 1.37. The molecule has 0 atom stereocenters. The Balaban J connectivity index is 2.37. The molecule has 0 aliphatic heterocycles. The first-order chi connectivity index (χ1) is 8.08. The van der Waals surface area contributed by atoms with Gasteiger partial charge in [0.25, 0.3) is 0 Å². The smallest absolute Gasteiger partial charge is 0.0638 e. The highest BCUT2D eigenvalue weighted by atomic mass is 35.5. The molecule has 88 valence electrons. The van der Waals surface area contributed by atoms with Crippen LogP contribution in [-0.2, 0) is 6.42 Å². The van der Waals surface area contributed by atoms with Crippen molar-refractivity contribution in [3.8, 4) is 0 Å². The van der Waals surface area contributed by atoms with Crippen molar-refractivity contribution in [1.29, 1.82) is 0 Å². The van der Waals surface area contributed by atoms with Crippen LogP contribution in [0.5, 0.6) is 0 Å². The van der Waals surface area contributed by atoms with Crippen LogP contribution < -0.4 is 5.73 Å². The molecular formula is C14H13Cl2N. The Morgan fingerprint density at radius 2 is 1.71 bits per heavy atom. The highest BCUT2D eigenvalue weighted by Crippen LogP contribution is 2.26. The molecule has 2 aromatic carbocycles. The Kier molecular flexibility index (Phi) is 3.60. The predicted molar refractivity (Wildman–Crippen MR) is 74.9 cm³/mol. The fraction of sp³-hybridized carbons (Fsp3) is 0.143. The van der Waals surface area contributed by atoms with Crippen molar-refractivity contribution in [3.05, 3.63) is 63.1 Å². The van der Waals surface area contributed by atoms with E-state index < -0.39 is 0 Å². The van der Waals surface area contributed by atoms with Gasteiger partial charge >= 0.3 is 0 Å². The lowest BCUT2D eigenvalue weighted by molar-refractivity contribution is 1.16. The molecule has 0 aliphatic rings. The molecule has 3 heteroatoms. The lowest BCUT2D eigenvalue weighted by atomic mass is 10.00. The van der Waals surface area contributed by atoms with Crippen LogP contribution in [0.4, 0.5) is 5.69 Å². The van der Waals surface area contributed by atoms with Crippen molar-refractivity contribution >= 4 is 28.9 Å². The maximum absolute atomic E-state index is 6.14. The zero-order valence-corrected chi connectivity index (χ0v) is 11.0. The van der Waals surface area contributed by atoms with Crippen LogP contribution in [0.15, 0.2) is 36.4 Å². The van der Waals surface area contributed by atoms with Gasteiger partial charge in [0.05, 0.1) is 10.7 Å². The zero-order valence-electron chi connectivity index (χ0n) is 9.50. The van der Waals surface area contributed by atoms with Gasteiger partial charge in [0.15, 0.2) is 0 Å². The average Bonchev–Trinajstić information content (AvgIpc) is 2.29. The van der Waals surface area contributed by atoms with Gasteiger partial charge in [-0.3, -0.25) is 0 Å². The average molecular weight is 266 g/mol. The SMILES string of the molecule is Cc1cc(N)c(Cl)cc1Cc1ccccc1Cl. The highest BCUT2D eigenvalue weighted by Gasteiger charge is 2.06. The predicted octanol–water partition coefficient (Wildman–Crippen LogP) is 4.47. The molecule has 0 aliphatic carbocycles. The molecule has 0 amide bonds. The lowest BCUT2D eigenvalue weighted by Gasteiger charge is -2.09. The van der Waals surface area contributed by atoms with Crippen LogP contribution in [0.2, 0.25) is 10.0 Å². The number of nitrogen functional groups attached to an aromatic ring is 1. The summed E-state index contributed by atoms with van der Waals surface area (Å²) >= 11 is 12.2. The van der Waals surface area contributed by atoms with Crippen molar-refractivity contribution in [2.24, 2.45) is 0 Å². The minimum atomic E-state index is 0.595. The highest BCUT2D eigenvalue weighted by molar-refractivity contribution is 6.33. The third-order valence-electron chi connectivity index (χ3n) is 2.79. The molecule has 0 aromatic heterocycles. The molecule has 0 spiro atoms. The Morgan fingerprint density at radius 3 is 2.41 bits per heavy atom. The summed E-state index contributed by atoms with van der Waals surface area (Å²) < 4.78 is 0. The molecule has 0 heterocycles. The van der Waals surface area contributed by atoms with Gasteiger partial charge in [0.1, 0.15) is 0 Å². The molecule has 0 bridgehead atoms. The molecule has 0 saturated heterocycles. The van der Waals surface area contributed by atoms with E-state index in [9.17, 15) is 0 Å². The van der Waals surface area contributed by atoms with E-state index in [0.717, 1.165) is 28.1 Å². The minimum absolute atomic E-state index is 0.595. The van der Waals surface area contributed by atoms with Crippen molar-refractivity contribution in [2.75, 3.05) is 5.73 Å². The van der Waals surface area contributed by atoms with E-state index in [0.29, 0.717) is 10.7 Å². The number of anilines is 1. The van der Waals surface area contributed by atoms with Crippen LogP contribution in [0, 0.1) is 6.92 Å². The van der Waals surface area contributed by atoms with Crippen molar-refractivity contribution in [2.45, 2.75) is 13.3 Å². The number of nitrogens with two attached hydrogens (primary N) is 1. The van der Waals surface area contributed by atoms with Crippen LogP contribution in [0.3, 0.4) is 0 Å². The quantitative estimate of drug-likeness (QED) is 0.797. The zero-order chi connectivity index (χ0) is 12.4. The van der Waals surface area contributed by atoms with Gasteiger partial charge in [-0.15, -0.1) is 0 Å². The number of halogens is 2. The van der Waals surface area contributed by atoms with E-state index in [-0.39, 0.29) is 0 Å². The van der Waals surface area contributed by atoms with Gasteiger partial charge in [-0.1, -0.05) is 41.4 Å². The van der Waals surface area contributed by atoms with E-state index in [4.69, 9.17) is 28.9 Å². The molecule has 0 fully saturated rings. The second-order valence-corrected chi connectivity index (χ2v) is 4.88. The Morgan fingerprint density at radius 1 is 1.00 bits per heavy atom. The Hall–Kier alpha value is -1.18. The second kappa shape index (κ2) is 4.99. The lowest BCUT2D eigenvalue weighted by Crippen LogP contribution is -1.96. The van der Waals surface area contributed by atoms with Gasteiger partial charge in [-0.05, 0) is 48.2 Å². The fourth-order valence-electron chi connectivity index (χ4n) is 1.78. The number of hydrogen-bond acceptors (Lipinski definition) is 1. The first-order valence-electron chi connectivity index (χ1n) is 5.36. The first kappa shape index (κ1) is 12.3. The summed E-state index contributed by atoms with van der Waals surface area (Å²) in [4.78, 5) is 0. The number of aryl methyl sites for hydroxylation is 1. The summed E-state index contributed by atoms with van der Waals surface area (Å²) in [6.45, 7) is 2.03. The monoisotopic (exact) mass is 265 g/mol. The molecule has 17 heavy (non-hydrogen) atoms. The van der Waals surface area contributed by atoms with Gasteiger partial charge in [0, 0.05) is 5.02 Å². The molecule has 0 unspecified atom stereocenters. The van der Waals surface area contributed by atoms with Gasteiger partial charge in [-0.25, -0.2) is 0 Å². The van der Waals surface area contributed by atoms with Crippen LogP contribution in [0.1, 0.15) is 16.7 Å². The maximum atomic E-state index is 6.14.